The maximum Gasteiger partial charge on any atom is 0.416 e. The molecular weight excluding hydrogens is 1340 g/mol. The molecule has 0 saturated heterocycles. The van der Waals surface area contributed by atoms with Crippen molar-refractivity contribution >= 4 is 82.1 Å². The molecule has 1 aliphatic heterocycles. The van der Waals surface area contributed by atoms with Crippen molar-refractivity contribution in [3.05, 3.63) is 127 Å². The Morgan fingerprint density at radius 2 is 1.18 bits per heavy atom. The van der Waals surface area contributed by atoms with Crippen molar-refractivity contribution in [1.82, 2.24) is 64.6 Å². The second-order valence-electron chi connectivity index (χ2n) is 25.5. The van der Waals surface area contributed by atoms with E-state index in [-0.39, 0.29) is 75.5 Å². The molecule has 103 heavy (non-hydrogen) atoms. The molecule has 9 aromatic rings. The number of carboxylic acids is 2. The van der Waals surface area contributed by atoms with Gasteiger partial charge < -0.3 is 70.6 Å². The molecule has 35 nitrogen and oxygen atoms in total. The lowest BCUT2D eigenvalue weighted by Gasteiger charge is -2.27. The van der Waals surface area contributed by atoms with E-state index in [1.807, 2.05) is 6.07 Å². The van der Waals surface area contributed by atoms with Crippen LogP contribution in [-0.2, 0) is 30.6 Å². The normalized spacial score (nSPS) is 12.4. The minimum atomic E-state index is -1.29. The van der Waals surface area contributed by atoms with E-state index in [0.29, 0.717) is 67.3 Å². The third-order valence-corrected chi connectivity index (χ3v) is 14.6. The fourth-order valence-corrected chi connectivity index (χ4v) is 9.83. The van der Waals surface area contributed by atoms with Gasteiger partial charge in [0.15, 0.2) is 39.9 Å². The lowest BCUT2D eigenvalue weighted by Crippen LogP contribution is -2.38. The highest BCUT2D eigenvalue weighted by Crippen LogP contribution is 2.28. The van der Waals surface area contributed by atoms with Crippen LogP contribution >= 0.6 is 0 Å². The van der Waals surface area contributed by atoms with Crippen molar-refractivity contribution < 1.29 is 71.3 Å². The minimum absolute atomic E-state index is 0.00868. The molecule has 0 aromatic carbocycles. The van der Waals surface area contributed by atoms with E-state index >= 15 is 0 Å². The highest BCUT2D eigenvalue weighted by Gasteiger charge is 2.28. The van der Waals surface area contributed by atoms with Crippen molar-refractivity contribution in [2.45, 2.75) is 123 Å². The van der Waals surface area contributed by atoms with Crippen LogP contribution in [0.3, 0.4) is 0 Å². The fourth-order valence-electron chi connectivity index (χ4n) is 9.83. The number of rotatable bonds is 21. The average Bonchev–Trinajstić information content (AvgIpc) is 1.81. The summed E-state index contributed by atoms with van der Waals surface area (Å²) < 4.78 is 31.4. The van der Waals surface area contributed by atoms with E-state index in [4.69, 9.17) is 33.6 Å². The van der Waals surface area contributed by atoms with Crippen LogP contribution in [0.15, 0.2) is 106 Å². The molecule has 0 atom stereocenters. The number of aryl methyl sites for hydroxylation is 3. The fraction of sp³-hybridized carbons (Fsp3) is 0.397. The molecule has 10 heterocycles. The summed E-state index contributed by atoms with van der Waals surface area (Å²) in [6.07, 6.45) is 20.8. The third-order valence-electron chi connectivity index (χ3n) is 14.6. The Labute approximate surface area is 591 Å². The first-order valence-corrected chi connectivity index (χ1v) is 33.1. The number of carboxylic acid groups (broad SMARTS) is 2. The highest BCUT2D eigenvalue weighted by molar-refractivity contribution is 6.09. The molecule has 1 aliphatic rings. The lowest BCUT2D eigenvalue weighted by molar-refractivity contribution is 0.0524. The molecule has 5 amide bonds. The number of nitrogens with zero attached hydrogens (tertiary/aromatic N) is 13. The van der Waals surface area contributed by atoms with E-state index in [0.717, 1.165) is 75.7 Å². The van der Waals surface area contributed by atoms with Gasteiger partial charge in [-0.3, -0.25) is 38.1 Å². The second-order valence-corrected chi connectivity index (χ2v) is 25.5. The summed E-state index contributed by atoms with van der Waals surface area (Å²) >= 11 is 0. The highest BCUT2D eigenvalue weighted by atomic mass is 16.6. The summed E-state index contributed by atoms with van der Waals surface area (Å²) in [5, 5.41) is 47.2. The molecule has 0 unspecified atom stereocenters. The number of pyridine rings is 3. The topological polar surface area (TPSA) is 467 Å². The van der Waals surface area contributed by atoms with Gasteiger partial charge in [-0.1, -0.05) is 19.3 Å². The summed E-state index contributed by atoms with van der Waals surface area (Å²) in [7, 11) is 4.80. The van der Waals surface area contributed by atoms with Crippen LogP contribution < -0.4 is 42.5 Å². The summed E-state index contributed by atoms with van der Waals surface area (Å²) in [6, 6.07) is 10.3. The average molecular weight is 1420 g/mol. The number of hydrogen-bond donors (Lipinski definition) is 9. The standard InChI is InChI=1S/C29H39N7O8.C20H22N6O3.C19H23N7O4/c1-28(2,3)43-26(40)31-12-9-8-10-14-36(27(41)44-29(4,5)6)21-15-18(11-13-30-21)24-33-20(17-42-24)23(37)32-19-16-35(7)34-22(19)25(38)39;1-26-11-14-18(25-26)16(27)6-4-2-3-5-8-21-17-10-13(7-9-22-17)20-24-15(12-29-20)19(28)23-14;1-26-10-13(16(25-26)19(28)29)23-17(27)14-11-30-18(24-14)12-5-8-22-15(9-12)21-7-4-2-3-6-20/h11,13,15-17H,8-10,12,14H2,1-7H3,(H,31,40)(H,32,37)(H,38,39);7,9-12H,2-6,8H2,1H3,(H,21,22)(H,23,28);5,8-11H,2-4,6-7,20H2,1H3,(H,21,22)(H,23,27)(H,28,29). The van der Waals surface area contributed by atoms with Gasteiger partial charge >= 0.3 is 24.1 Å². The SMILES string of the molecule is Cn1cc(NC(=O)c2coc(-c3ccnc(N(CCCCCNC(=O)OC(C)(C)C)C(=O)OC(C)(C)C)c3)n2)c(C(=O)O)n1.Cn1cc(NC(=O)c2coc(-c3ccnc(NCCCCCN)c3)n2)c(C(=O)O)n1.Cn1cc2c(n1)C(=O)CCCCCCNc1cc(ccn1)-c1nc(co1)C(=O)N2. The van der Waals surface area contributed by atoms with Crippen molar-refractivity contribution in [3.63, 3.8) is 0 Å². The Hall–Kier alpha value is -12.2. The zero-order valence-electron chi connectivity index (χ0n) is 58.6. The lowest BCUT2D eigenvalue weighted by atomic mass is 10.1. The van der Waals surface area contributed by atoms with Gasteiger partial charge in [0.05, 0.1) is 17.1 Å². The molecule has 4 bridgehead atoms. The van der Waals surface area contributed by atoms with Gasteiger partial charge in [-0.2, -0.15) is 15.3 Å². The van der Waals surface area contributed by atoms with Gasteiger partial charge in [0.1, 0.15) is 47.4 Å². The molecule has 546 valence electrons. The van der Waals surface area contributed by atoms with Gasteiger partial charge in [0.2, 0.25) is 17.7 Å². The van der Waals surface area contributed by atoms with Gasteiger partial charge in [0.25, 0.3) is 17.7 Å². The number of aromatic carboxylic acids is 2. The van der Waals surface area contributed by atoms with E-state index < -0.39 is 53.0 Å². The molecule has 0 fully saturated rings. The van der Waals surface area contributed by atoms with Crippen LogP contribution in [0.25, 0.3) is 34.4 Å². The van der Waals surface area contributed by atoms with Gasteiger partial charge in [-0.05, 0) is 129 Å². The number of alkyl carbamates (subject to hydrolysis) is 1. The molecule has 0 spiro atoms. The maximum atomic E-state index is 13.1. The van der Waals surface area contributed by atoms with Crippen LogP contribution in [0.1, 0.15) is 175 Å². The van der Waals surface area contributed by atoms with Crippen molar-refractivity contribution in [2.75, 3.05) is 64.2 Å². The van der Waals surface area contributed by atoms with E-state index in [9.17, 15) is 43.5 Å². The monoisotopic (exact) mass is 1420 g/mol. The van der Waals surface area contributed by atoms with Crippen molar-refractivity contribution in [1.29, 1.82) is 0 Å². The van der Waals surface area contributed by atoms with Gasteiger partial charge in [-0.15, -0.1) is 0 Å². The van der Waals surface area contributed by atoms with Crippen LogP contribution in [-0.4, -0.2) is 161 Å². The predicted octanol–water partition coefficient (Wildman–Crippen LogP) is 10.1. The Bertz CT molecular complexity index is 4420. The predicted molar refractivity (Wildman–Crippen MR) is 376 cm³/mol. The van der Waals surface area contributed by atoms with Crippen LogP contribution in [0.5, 0.6) is 0 Å². The Balaban J connectivity index is 0.000000202. The summed E-state index contributed by atoms with van der Waals surface area (Å²) in [5.74, 6) is -2.04. The molecule has 0 aliphatic carbocycles. The van der Waals surface area contributed by atoms with Crippen molar-refractivity contribution in [2.24, 2.45) is 26.9 Å². The number of hydrogen-bond acceptors (Lipinski definition) is 25. The molecule has 0 saturated carbocycles. The molecule has 35 heteroatoms. The summed E-state index contributed by atoms with van der Waals surface area (Å²) in [4.78, 5) is 125. The smallest absolute Gasteiger partial charge is 0.416 e. The number of carbonyl (C=O) groups excluding carboxylic acids is 6. The molecule has 9 aromatic heterocycles. The maximum absolute atomic E-state index is 13.1. The second kappa shape index (κ2) is 35.7. The van der Waals surface area contributed by atoms with Crippen molar-refractivity contribution in [3.8, 4) is 34.4 Å². The van der Waals surface area contributed by atoms with Crippen LogP contribution in [0.4, 0.5) is 44.1 Å². The number of amides is 5. The van der Waals surface area contributed by atoms with Crippen LogP contribution in [0.2, 0.25) is 0 Å². The number of aromatic nitrogens is 12. The molecular formula is C68H84N20O15. The number of anilines is 6. The largest absolute Gasteiger partial charge is 0.476 e. The van der Waals surface area contributed by atoms with Gasteiger partial charge in [0, 0.05) is 108 Å². The number of carbonyl (C=O) groups is 8. The molecule has 10 N–H and O–H groups in total. The van der Waals surface area contributed by atoms with E-state index in [2.05, 4.69) is 77.1 Å². The van der Waals surface area contributed by atoms with Crippen LogP contribution in [0, 0.1) is 0 Å². The molecule has 0 radical (unpaired) electrons. The number of Topliss-reactive ketones (excluding diaryl/α,β-unsaturated/α-hetero) is 1. The zero-order chi connectivity index (χ0) is 74.4. The number of nitrogens with one attached hydrogen (secondary N) is 6. The first-order valence-electron chi connectivity index (χ1n) is 33.1. The number of ether oxygens (including phenoxy) is 2. The van der Waals surface area contributed by atoms with E-state index in [1.165, 1.54) is 57.1 Å². The minimum Gasteiger partial charge on any atom is -0.476 e. The summed E-state index contributed by atoms with van der Waals surface area (Å²) in [5.41, 5.74) is 6.17. The first kappa shape index (κ1) is 76.6. The van der Waals surface area contributed by atoms with Gasteiger partial charge in [-0.25, -0.2) is 49.1 Å². The number of nitrogens with two attached hydrogens (primary N) is 1. The Morgan fingerprint density at radius 3 is 1.81 bits per heavy atom. The zero-order valence-corrected chi connectivity index (χ0v) is 58.6. The first-order chi connectivity index (χ1) is 49.1. The molecule has 10 rings (SSSR count). The number of oxazole rings is 3. The quantitative estimate of drug-likeness (QED) is 0.0302. The number of unbranched alkanes of at least 4 members (excludes halogenated alkanes) is 4. The van der Waals surface area contributed by atoms with E-state index in [1.54, 1.807) is 105 Å². The Kier molecular flexibility index (Phi) is 26.6. The third kappa shape index (κ3) is 23.2. The number of fused-ring (bicyclic) bond motifs is 6. The summed E-state index contributed by atoms with van der Waals surface area (Å²) in [6.45, 7) is 13.6. The Morgan fingerprint density at radius 1 is 0.631 bits per heavy atom. The number of ketones is 1.